The fourth-order valence-corrected chi connectivity index (χ4v) is 1.59. The smallest absolute Gasteiger partial charge is 0.336 e. The van der Waals surface area contributed by atoms with Crippen LogP contribution in [0.5, 0.6) is 0 Å². The Kier molecular flexibility index (Phi) is 8.74. The maximum absolute atomic E-state index is 11.4. The lowest BCUT2D eigenvalue weighted by Gasteiger charge is -2.26. The maximum atomic E-state index is 11.4. The highest BCUT2D eigenvalue weighted by Gasteiger charge is 2.41. The summed E-state index contributed by atoms with van der Waals surface area (Å²) in [5.74, 6) is -5.03. The molecule has 0 aliphatic carbocycles. The van der Waals surface area contributed by atoms with Gasteiger partial charge in [-0.2, -0.15) is 0 Å². The van der Waals surface area contributed by atoms with Crippen LogP contribution in [0.3, 0.4) is 0 Å². The van der Waals surface area contributed by atoms with E-state index in [1.807, 2.05) is 0 Å². The molecule has 1 unspecified atom stereocenters. The second-order valence-electron chi connectivity index (χ2n) is 5.07. The molecular formula is C12H20O12. The summed E-state index contributed by atoms with van der Waals surface area (Å²) in [6, 6.07) is 0. The Morgan fingerprint density at radius 2 is 1.42 bits per heavy atom. The van der Waals surface area contributed by atoms with Gasteiger partial charge in [0.1, 0.15) is 31.0 Å². The van der Waals surface area contributed by atoms with Crippen LogP contribution in [0.1, 0.15) is 12.8 Å². The molecule has 0 saturated carbocycles. The molecule has 12 nitrogen and oxygen atoms in total. The number of carboxylic acids is 2. The summed E-state index contributed by atoms with van der Waals surface area (Å²) in [5.41, 5.74) is -2.92. The van der Waals surface area contributed by atoms with Crippen LogP contribution < -0.4 is 0 Å². The van der Waals surface area contributed by atoms with Gasteiger partial charge in [-0.15, -0.1) is 0 Å². The second-order valence-corrected chi connectivity index (χ2v) is 5.07. The topological polar surface area (TPSA) is 222 Å². The Labute approximate surface area is 135 Å². The lowest BCUT2D eigenvalue weighted by Crippen LogP contribution is -2.48. The zero-order chi connectivity index (χ0) is 19.1. The Morgan fingerprint density at radius 3 is 1.83 bits per heavy atom. The number of hydrogen-bond donors (Lipinski definition) is 8. The minimum absolute atomic E-state index is 0.911. The molecule has 0 spiro atoms. The Hall–Kier alpha value is -1.83. The van der Waals surface area contributed by atoms with Crippen LogP contribution in [0.4, 0.5) is 0 Å². The third kappa shape index (κ3) is 6.74. The molecule has 0 aromatic heterocycles. The maximum Gasteiger partial charge on any atom is 0.336 e. The molecule has 0 fully saturated rings. The molecule has 8 N–H and O–H groups in total. The summed E-state index contributed by atoms with van der Waals surface area (Å²) >= 11 is 0. The lowest BCUT2D eigenvalue weighted by atomic mass is 9.96. The number of carbonyl (C=O) groups excluding carboxylic acids is 1. The predicted octanol–water partition coefficient (Wildman–Crippen LogP) is -4.35. The van der Waals surface area contributed by atoms with Gasteiger partial charge in [0.25, 0.3) is 0 Å². The van der Waals surface area contributed by atoms with Crippen molar-refractivity contribution < 1.29 is 60.0 Å². The summed E-state index contributed by atoms with van der Waals surface area (Å²) in [6.45, 7) is -1.86. The van der Waals surface area contributed by atoms with Gasteiger partial charge in [-0.3, -0.25) is 9.59 Å². The molecule has 0 aromatic carbocycles. The Morgan fingerprint density at radius 1 is 0.917 bits per heavy atom. The van der Waals surface area contributed by atoms with E-state index in [2.05, 4.69) is 4.74 Å². The van der Waals surface area contributed by atoms with E-state index in [0.717, 1.165) is 0 Å². The van der Waals surface area contributed by atoms with E-state index in [1.165, 1.54) is 0 Å². The van der Waals surface area contributed by atoms with Crippen LogP contribution in [-0.4, -0.2) is 102 Å². The minimum Gasteiger partial charge on any atom is -0.481 e. The van der Waals surface area contributed by atoms with Crippen molar-refractivity contribution in [1.82, 2.24) is 0 Å². The molecule has 0 amide bonds. The SMILES string of the molecule is O=C(O)CC(O)(CC(=O)OC[C@H](O)[C@@H](O)[C@H](O)[C@H](O)CO)C(=O)O. The first-order valence-electron chi connectivity index (χ1n) is 6.61. The van der Waals surface area contributed by atoms with Crippen molar-refractivity contribution in [2.24, 2.45) is 0 Å². The fraction of sp³-hybridized carbons (Fsp3) is 0.750. The molecule has 0 aliphatic rings. The van der Waals surface area contributed by atoms with Gasteiger partial charge >= 0.3 is 17.9 Å². The highest BCUT2D eigenvalue weighted by Crippen LogP contribution is 2.17. The average molecular weight is 356 g/mol. The molecule has 0 radical (unpaired) electrons. The Bertz CT molecular complexity index is 451. The predicted molar refractivity (Wildman–Crippen MR) is 71.5 cm³/mol. The van der Waals surface area contributed by atoms with E-state index < -0.39 is 74.0 Å². The summed E-state index contributed by atoms with van der Waals surface area (Å²) in [6.07, 6.45) is -10.1. The summed E-state index contributed by atoms with van der Waals surface area (Å²) in [5, 5.41) is 72.8. The van der Waals surface area contributed by atoms with Crippen LogP contribution in [0.25, 0.3) is 0 Å². The monoisotopic (exact) mass is 356 g/mol. The van der Waals surface area contributed by atoms with Crippen LogP contribution in [0, 0.1) is 0 Å². The third-order valence-corrected chi connectivity index (χ3v) is 3.02. The van der Waals surface area contributed by atoms with Gasteiger partial charge in [0.2, 0.25) is 0 Å². The largest absolute Gasteiger partial charge is 0.481 e. The minimum atomic E-state index is -2.92. The van der Waals surface area contributed by atoms with Gasteiger partial charge in [0, 0.05) is 0 Å². The van der Waals surface area contributed by atoms with Gasteiger partial charge in [0.15, 0.2) is 5.60 Å². The van der Waals surface area contributed by atoms with Gasteiger partial charge in [-0.25, -0.2) is 4.79 Å². The molecule has 0 saturated heterocycles. The standard InChI is InChI=1S/C12H20O12/c13-3-5(14)9(19)10(20)6(15)4-24-8(18)2-12(23,11(21)22)1-7(16)17/h5-6,9-10,13-15,19-20,23H,1-4H2,(H,16,17)(H,21,22)/t5-,6+,9-,10-,12?/m1/s1. The molecule has 0 aromatic rings. The zero-order valence-corrected chi connectivity index (χ0v) is 12.3. The summed E-state index contributed by atoms with van der Waals surface area (Å²) in [7, 11) is 0. The second kappa shape index (κ2) is 9.46. The van der Waals surface area contributed by atoms with E-state index in [1.54, 1.807) is 0 Å². The van der Waals surface area contributed by atoms with Crippen LogP contribution in [0.2, 0.25) is 0 Å². The quantitative estimate of drug-likeness (QED) is 0.164. The number of esters is 1. The van der Waals surface area contributed by atoms with Crippen molar-refractivity contribution in [2.75, 3.05) is 13.2 Å². The van der Waals surface area contributed by atoms with Gasteiger partial charge < -0.3 is 45.6 Å². The van der Waals surface area contributed by atoms with Crippen LogP contribution >= 0.6 is 0 Å². The van der Waals surface area contributed by atoms with E-state index in [-0.39, 0.29) is 0 Å². The van der Waals surface area contributed by atoms with E-state index in [0.29, 0.717) is 0 Å². The number of carbonyl (C=O) groups is 3. The molecular weight excluding hydrogens is 336 g/mol. The third-order valence-electron chi connectivity index (χ3n) is 3.02. The highest BCUT2D eigenvalue weighted by molar-refractivity contribution is 5.88. The first-order chi connectivity index (χ1) is 10.9. The number of ether oxygens (including phenoxy) is 1. The Balaban J connectivity index is 4.62. The number of aliphatic carboxylic acids is 2. The number of carboxylic acid groups (broad SMARTS) is 2. The van der Waals surface area contributed by atoms with E-state index in [9.17, 15) is 34.8 Å². The lowest BCUT2D eigenvalue weighted by molar-refractivity contribution is -0.174. The average Bonchev–Trinajstić information content (AvgIpc) is 2.49. The van der Waals surface area contributed by atoms with Crippen molar-refractivity contribution >= 4 is 17.9 Å². The molecule has 0 rings (SSSR count). The van der Waals surface area contributed by atoms with Gasteiger partial charge in [0.05, 0.1) is 19.4 Å². The van der Waals surface area contributed by atoms with Gasteiger partial charge in [-0.1, -0.05) is 0 Å². The number of aliphatic hydroxyl groups is 6. The van der Waals surface area contributed by atoms with Crippen molar-refractivity contribution in [3.05, 3.63) is 0 Å². The first kappa shape index (κ1) is 22.2. The summed E-state index contributed by atoms with van der Waals surface area (Å²) in [4.78, 5) is 32.8. The molecule has 140 valence electrons. The van der Waals surface area contributed by atoms with Crippen LogP contribution in [0.15, 0.2) is 0 Å². The van der Waals surface area contributed by atoms with Crippen molar-refractivity contribution in [3.8, 4) is 0 Å². The highest BCUT2D eigenvalue weighted by atomic mass is 16.5. The zero-order valence-electron chi connectivity index (χ0n) is 12.3. The fourth-order valence-electron chi connectivity index (χ4n) is 1.59. The van der Waals surface area contributed by atoms with E-state index >= 15 is 0 Å². The van der Waals surface area contributed by atoms with E-state index in [4.69, 9.17) is 20.4 Å². The van der Waals surface area contributed by atoms with Crippen molar-refractivity contribution in [2.45, 2.75) is 42.9 Å². The number of rotatable bonds is 11. The first-order valence-corrected chi connectivity index (χ1v) is 6.61. The molecule has 0 aliphatic heterocycles. The number of hydrogen-bond acceptors (Lipinski definition) is 10. The molecule has 0 heterocycles. The van der Waals surface area contributed by atoms with Crippen molar-refractivity contribution in [3.63, 3.8) is 0 Å². The normalized spacial score (nSPS) is 18.8. The molecule has 5 atom stereocenters. The molecule has 0 bridgehead atoms. The van der Waals surface area contributed by atoms with Crippen LogP contribution in [-0.2, 0) is 19.1 Å². The summed E-state index contributed by atoms with van der Waals surface area (Å²) < 4.78 is 4.40. The number of aliphatic hydroxyl groups excluding tert-OH is 5. The molecule has 24 heavy (non-hydrogen) atoms. The van der Waals surface area contributed by atoms with Gasteiger partial charge in [-0.05, 0) is 0 Å². The van der Waals surface area contributed by atoms with Crippen molar-refractivity contribution in [1.29, 1.82) is 0 Å². The molecule has 12 heteroatoms.